The Balaban J connectivity index is 1.55. The van der Waals surface area contributed by atoms with E-state index in [1.807, 2.05) is 78.3 Å². The van der Waals surface area contributed by atoms with Crippen LogP contribution in [0, 0.1) is 6.92 Å². The normalized spacial score (nSPS) is 14.6. The highest BCUT2D eigenvalue weighted by Crippen LogP contribution is 2.36. The molecule has 0 spiro atoms. The maximum atomic E-state index is 13.2. The first-order chi connectivity index (χ1) is 16.1. The highest BCUT2D eigenvalue weighted by Gasteiger charge is 2.28. The molecule has 6 heteroatoms. The van der Waals surface area contributed by atoms with Crippen LogP contribution in [0.25, 0.3) is 5.70 Å². The van der Waals surface area contributed by atoms with Gasteiger partial charge >= 0.3 is 0 Å². The molecule has 0 bridgehead atoms. The fourth-order valence-electron chi connectivity index (χ4n) is 3.94. The molecule has 1 aliphatic heterocycles. The first-order valence-corrected chi connectivity index (χ1v) is 10.8. The Morgan fingerprint density at radius 1 is 1.03 bits per heavy atom. The summed E-state index contributed by atoms with van der Waals surface area (Å²) in [6.07, 6.45) is 3.73. The predicted molar refractivity (Wildman–Crippen MR) is 131 cm³/mol. The SMILES string of the molecule is COc1cccc(C2=CC(c3ccccc3)n3ncc(C(=O)Nc4ccc(C)cc4)c3N2)c1. The van der Waals surface area contributed by atoms with Crippen molar-refractivity contribution < 1.29 is 9.53 Å². The molecule has 5 rings (SSSR count). The quantitative estimate of drug-likeness (QED) is 0.433. The van der Waals surface area contributed by atoms with Crippen LogP contribution in [-0.2, 0) is 0 Å². The van der Waals surface area contributed by atoms with Crippen molar-refractivity contribution in [2.75, 3.05) is 17.7 Å². The zero-order valence-electron chi connectivity index (χ0n) is 18.4. The van der Waals surface area contributed by atoms with Gasteiger partial charge in [-0.15, -0.1) is 0 Å². The third kappa shape index (κ3) is 4.11. The van der Waals surface area contributed by atoms with E-state index in [4.69, 9.17) is 4.74 Å². The molecule has 1 amide bonds. The molecule has 1 unspecified atom stereocenters. The number of carbonyl (C=O) groups excluding carboxylic acids is 1. The minimum atomic E-state index is -0.216. The Bertz CT molecular complexity index is 1320. The second-order valence-corrected chi connectivity index (χ2v) is 7.96. The van der Waals surface area contributed by atoms with Crippen molar-refractivity contribution >= 4 is 23.1 Å². The molecule has 0 saturated heterocycles. The number of rotatable bonds is 5. The van der Waals surface area contributed by atoms with Crippen molar-refractivity contribution in [1.82, 2.24) is 9.78 Å². The van der Waals surface area contributed by atoms with Gasteiger partial charge in [-0.25, -0.2) is 4.68 Å². The van der Waals surface area contributed by atoms with Crippen molar-refractivity contribution in [2.24, 2.45) is 0 Å². The van der Waals surface area contributed by atoms with Crippen LogP contribution in [0.3, 0.4) is 0 Å². The summed E-state index contributed by atoms with van der Waals surface area (Å²) in [5.74, 6) is 1.20. The number of benzene rings is 3. The molecule has 1 aromatic heterocycles. The Hall–Kier alpha value is -4.32. The molecule has 0 saturated carbocycles. The van der Waals surface area contributed by atoms with Gasteiger partial charge < -0.3 is 15.4 Å². The summed E-state index contributed by atoms with van der Waals surface area (Å²) in [7, 11) is 1.65. The molecule has 1 aliphatic rings. The number of ether oxygens (including phenoxy) is 1. The zero-order chi connectivity index (χ0) is 22.8. The van der Waals surface area contributed by atoms with Crippen LogP contribution < -0.4 is 15.4 Å². The summed E-state index contributed by atoms with van der Waals surface area (Å²) < 4.78 is 7.26. The number of hydrogen-bond donors (Lipinski definition) is 2. The number of aryl methyl sites for hydroxylation is 1. The highest BCUT2D eigenvalue weighted by atomic mass is 16.5. The van der Waals surface area contributed by atoms with Crippen LogP contribution >= 0.6 is 0 Å². The van der Waals surface area contributed by atoms with Crippen LogP contribution in [0.2, 0.25) is 0 Å². The van der Waals surface area contributed by atoms with Gasteiger partial charge in [0, 0.05) is 16.9 Å². The average Bonchev–Trinajstić information content (AvgIpc) is 3.30. The van der Waals surface area contributed by atoms with Crippen molar-refractivity contribution in [2.45, 2.75) is 13.0 Å². The van der Waals surface area contributed by atoms with Crippen molar-refractivity contribution in [1.29, 1.82) is 0 Å². The molecule has 2 heterocycles. The molecule has 4 aromatic rings. The summed E-state index contributed by atoms with van der Waals surface area (Å²) in [4.78, 5) is 13.2. The van der Waals surface area contributed by atoms with E-state index >= 15 is 0 Å². The number of allylic oxidation sites excluding steroid dienone is 1. The van der Waals surface area contributed by atoms with Crippen LogP contribution in [-0.4, -0.2) is 22.8 Å². The van der Waals surface area contributed by atoms with Crippen molar-refractivity contribution in [3.63, 3.8) is 0 Å². The molecule has 1 atom stereocenters. The van der Waals surface area contributed by atoms with Crippen molar-refractivity contribution in [3.8, 4) is 5.75 Å². The fraction of sp³-hybridized carbons (Fsp3) is 0.111. The van der Waals surface area contributed by atoms with Crippen LogP contribution in [0.5, 0.6) is 5.75 Å². The van der Waals surface area contributed by atoms with Gasteiger partial charge in [-0.1, -0.05) is 60.2 Å². The van der Waals surface area contributed by atoms with Gasteiger partial charge in [-0.2, -0.15) is 5.10 Å². The van der Waals surface area contributed by atoms with E-state index in [0.29, 0.717) is 11.4 Å². The topological polar surface area (TPSA) is 68.2 Å². The summed E-state index contributed by atoms with van der Waals surface area (Å²) in [5, 5.41) is 11.0. The first-order valence-electron chi connectivity index (χ1n) is 10.8. The largest absolute Gasteiger partial charge is 0.497 e. The predicted octanol–water partition coefficient (Wildman–Crippen LogP) is 5.51. The Morgan fingerprint density at radius 2 is 1.82 bits per heavy atom. The third-order valence-electron chi connectivity index (χ3n) is 5.71. The van der Waals surface area contributed by atoms with E-state index in [1.54, 1.807) is 13.3 Å². The molecule has 0 radical (unpaired) electrons. The lowest BCUT2D eigenvalue weighted by Crippen LogP contribution is -2.22. The van der Waals surface area contributed by atoms with E-state index in [0.717, 1.165) is 33.8 Å². The number of anilines is 2. The van der Waals surface area contributed by atoms with Crippen LogP contribution in [0.15, 0.2) is 91.1 Å². The monoisotopic (exact) mass is 436 g/mol. The molecule has 3 aromatic carbocycles. The van der Waals surface area contributed by atoms with Gasteiger partial charge in [-0.05, 0) is 42.8 Å². The summed E-state index contributed by atoms with van der Waals surface area (Å²) >= 11 is 0. The molecular weight excluding hydrogens is 412 g/mol. The van der Waals surface area contributed by atoms with E-state index < -0.39 is 0 Å². The second-order valence-electron chi connectivity index (χ2n) is 7.96. The molecule has 2 N–H and O–H groups in total. The summed E-state index contributed by atoms with van der Waals surface area (Å²) in [5.41, 5.74) is 5.29. The first kappa shape index (κ1) is 20.6. The maximum absolute atomic E-state index is 13.2. The minimum absolute atomic E-state index is 0.162. The lowest BCUT2D eigenvalue weighted by Gasteiger charge is -2.26. The molecule has 164 valence electrons. The van der Waals surface area contributed by atoms with Gasteiger partial charge in [0.25, 0.3) is 5.91 Å². The number of aromatic nitrogens is 2. The maximum Gasteiger partial charge on any atom is 0.261 e. The highest BCUT2D eigenvalue weighted by molar-refractivity contribution is 6.08. The van der Waals surface area contributed by atoms with Crippen LogP contribution in [0.1, 0.15) is 33.1 Å². The molecule has 0 fully saturated rings. The van der Waals surface area contributed by atoms with E-state index in [-0.39, 0.29) is 11.9 Å². The van der Waals surface area contributed by atoms with Crippen molar-refractivity contribution in [3.05, 3.63) is 113 Å². The van der Waals surface area contributed by atoms with Gasteiger partial charge in [0.05, 0.1) is 19.3 Å². The summed E-state index contributed by atoms with van der Waals surface area (Å²) in [6, 6.07) is 25.5. The van der Waals surface area contributed by atoms with E-state index in [9.17, 15) is 4.79 Å². The lowest BCUT2D eigenvalue weighted by molar-refractivity contribution is 0.102. The van der Waals surface area contributed by atoms with E-state index in [1.165, 1.54) is 0 Å². The number of methoxy groups -OCH3 is 1. The smallest absolute Gasteiger partial charge is 0.261 e. The Labute approximate surface area is 192 Å². The second kappa shape index (κ2) is 8.67. The van der Waals surface area contributed by atoms with Gasteiger partial charge in [0.15, 0.2) is 0 Å². The van der Waals surface area contributed by atoms with Gasteiger partial charge in [0.2, 0.25) is 0 Å². The van der Waals surface area contributed by atoms with Gasteiger partial charge in [0.1, 0.15) is 17.1 Å². The molecule has 0 aliphatic carbocycles. The number of hydrogen-bond acceptors (Lipinski definition) is 4. The zero-order valence-corrected chi connectivity index (χ0v) is 18.4. The van der Waals surface area contributed by atoms with E-state index in [2.05, 4.69) is 33.9 Å². The Kier molecular flexibility index (Phi) is 5.40. The van der Waals surface area contributed by atoms with Crippen LogP contribution in [0.4, 0.5) is 11.5 Å². The standard InChI is InChI=1S/C27H24N4O2/c1-18-11-13-21(14-12-18)29-27(32)23-17-28-31-25(19-7-4-3-5-8-19)16-24(30-26(23)31)20-9-6-10-22(15-20)33-2/h3-17,25,30H,1-2H3,(H,29,32). The minimum Gasteiger partial charge on any atom is -0.497 e. The average molecular weight is 437 g/mol. The summed E-state index contributed by atoms with van der Waals surface area (Å²) in [6.45, 7) is 2.01. The Morgan fingerprint density at radius 3 is 2.58 bits per heavy atom. The number of nitrogens with zero attached hydrogens (tertiary/aromatic N) is 2. The number of amides is 1. The fourth-order valence-corrected chi connectivity index (χ4v) is 3.94. The van der Waals surface area contributed by atoms with Gasteiger partial charge in [-0.3, -0.25) is 4.79 Å². The number of carbonyl (C=O) groups is 1. The lowest BCUT2D eigenvalue weighted by atomic mass is 10.0. The number of fused-ring (bicyclic) bond motifs is 1. The third-order valence-corrected chi connectivity index (χ3v) is 5.71. The molecular formula is C27H24N4O2. The number of nitrogens with one attached hydrogen (secondary N) is 2. The molecule has 33 heavy (non-hydrogen) atoms. The molecule has 6 nitrogen and oxygen atoms in total.